The topological polar surface area (TPSA) is 67.5 Å². The molecule has 3 atom stereocenters. The molecule has 1 aliphatic heterocycles. The number of carbonyl (C=O) groups excluding carboxylic acids is 2. The molecule has 2 fully saturated rings. The maximum absolute atomic E-state index is 13.9. The van der Waals surface area contributed by atoms with Gasteiger partial charge in [-0.15, -0.1) is 0 Å². The molecule has 2 saturated carbocycles. The minimum absolute atomic E-state index is 0.000146. The van der Waals surface area contributed by atoms with Crippen molar-refractivity contribution in [1.29, 1.82) is 0 Å². The number of fused-ring (bicyclic) bond motifs is 3. The van der Waals surface area contributed by atoms with Crippen LogP contribution in [-0.4, -0.2) is 38.9 Å². The molecule has 168 valence electrons. The zero-order valence-corrected chi connectivity index (χ0v) is 18.9. The highest BCUT2D eigenvalue weighted by molar-refractivity contribution is 6.03. The Kier molecular flexibility index (Phi) is 5.35. The van der Waals surface area contributed by atoms with Crippen LogP contribution in [-0.2, 0) is 11.3 Å². The Hall–Kier alpha value is -2.24. The molecule has 0 spiro atoms. The second kappa shape index (κ2) is 8.03. The van der Waals surface area contributed by atoms with Crippen LogP contribution in [0.2, 0.25) is 0 Å². The van der Waals surface area contributed by atoms with Crippen LogP contribution >= 0.6 is 0 Å². The van der Waals surface area contributed by atoms with Gasteiger partial charge in [-0.2, -0.15) is 0 Å². The summed E-state index contributed by atoms with van der Waals surface area (Å²) in [6.45, 7) is 4.69. The third-order valence-electron chi connectivity index (χ3n) is 8.07. The fourth-order valence-electron chi connectivity index (χ4n) is 6.18. The minimum atomic E-state index is -0.903. The number of hydrogen-bond donors (Lipinski definition) is 1. The van der Waals surface area contributed by atoms with E-state index in [1.807, 2.05) is 28.5 Å². The first-order valence-electron chi connectivity index (χ1n) is 12.2. The van der Waals surface area contributed by atoms with Crippen molar-refractivity contribution in [3.05, 3.63) is 24.1 Å². The van der Waals surface area contributed by atoms with E-state index in [-0.39, 0.29) is 23.9 Å². The maximum atomic E-state index is 13.9. The van der Waals surface area contributed by atoms with E-state index in [9.17, 15) is 9.59 Å². The van der Waals surface area contributed by atoms with Crippen molar-refractivity contribution in [2.45, 2.75) is 102 Å². The molecule has 6 heteroatoms. The lowest BCUT2D eigenvalue weighted by molar-refractivity contribution is -0.135. The molecule has 0 aromatic carbocycles. The van der Waals surface area contributed by atoms with Crippen LogP contribution in [0, 0.1) is 5.92 Å². The Morgan fingerprint density at radius 1 is 1.10 bits per heavy atom. The molecule has 0 radical (unpaired) electrons. The molecule has 31 heavy (non-hydrogen) atoms. The van der Waals surface area contributed by atoms with Crippen LogP contribution in [0.3, 0.4) is 0 Å². The summed E-state index contributed by atoms with van der Waals surface area (Å²) in [5, 5.41) is 3.38. The summed E-state index contributed by atoms with van der Waals surface area (Å²) in [7, 11) is 0. The summed E-state index contributed by atoms with van der Waals surface area (Å²) >= 11 is 0. The molecule has 2 aromatic rings. The van der Waals surface area contributed by atoms with Gasteiger partial charge in [-0.05, 0) is 38.5 Å². The first-order chi connectivity index (χ1) is 15.0. The highest BCUT2D eigenvalue weighted by Crippen LogP contribution is 2.37. The summed E-state index contributed by atoms with van der Waals surface area (Å²) in [4.78, 5) is 29.7. The first-order valence-corrected chi connectivity index (χ1v) is 12.2. The van der Waals surface area contributed by atoms with Gasteiger partial charge in [0.05, 0.1) is 18.3 Å². The Labute approximate surface area is 184 Å². The quantitative estimate of drug-likeness (QED) is 0.714. The van der Waals surface area contributed by atoms with Gasteiger partial charge in [0, 0.05) is 24.2 Å². The number of nitrogens with one attached hydrogen (secondary N) is 1. The normalized spacial score (nSPS) is 30.3. The van der Waals surface area contributed by atoms with E-state index in [0.717, 1.165) is 56.0 Å². The van der Waals surface area contributed by atoms with Gasteiger partial charge < -0.3 is 19.2 Å². The van der Waals surface area contributed by atoms with Crippen LogP contribution in [0.15, 0.2) is 22.8 Å². The predicted octanol–water partition coefficient (Wildman–Crippen LogP) is 4.87. The van der Waals surface area contributed by atoms with Crippen molar-refractivity contribution in [1.82, 2.24) is 14.8 Å². The number of carbonyl (C=O) groups is 2. The fraction of sp³-hybridized carbons (Fsp3) is 0.680. The number of hydrogen-bond acceptors (Lipinski definition) is 3. The highest BCUT2D eigenvalue weighted by atomic mass is 16.3. The average Bonchev–Trinajstić information content (AvgIpc) is 3.23. The molecule has 0 unspecified atom stereocenters. The van der Waals surface area contributed by atoms with Crippen molar-refractivity contribution in [3.8, 4) is 0 Å². The van der Waals surface area contributed by atoms with E-state index >= 15 is 0 Å². The van der Waals surface area contributed by atoms with Crippen molar-refractivity contribution < 1.29 is 14.0 Å². The molecular weight excluding hydrogens is 390 g/mol. The monoisotopic (exact) mass is 425 g/mol. The summed E-state index contributed by atoms with van der Waals surface area (Å²) in [6.07, 6.45) is 12.9. The van der Waals surface area contributed by atoms with E-state index in [1.165, 1.54) is 19.3 Å². The van der Waals surface area contributed by atoms with Crippen LogP contribution in [0.25, 0.3) is 11.1 Å². The van der Waals surface area contributed by atoms with E-state index in [2.05, 4.69) is 12.2 Å². The number of amides is 2. The van der Waals surface area contributed by atoms with Crippen LogP contribution in [0.5, 0.6) is 0 Å². The Bertz CT molecular complexity index is 968. The lowest BCUT2D eigenvalue weighted by Crippen LogP contribution is -2.67. The molecule has 2 amide bonds. The first kappa shape index (κ1) is 20.7. The molecule has 6 nitrogen and oxygen atoms in total. The fourth-order valence-corrected chi connectivity index (χ4v) is 6.18. The van der Waals surface area contributed by atoms with Crippen molar-refractivity contribution in [3.63, 3.8) is 0 Å². The molecule has 2 aromatic heterocycles. The summed E-state index contributed by atoms with van der Waals surface area (Å²) in [5.74, 6) is 0.452. The van der Waals surface area contributed by atoms with E-state index in [0.29, 0.717) is 18.2 Å². The zero-order chi connectivity index (χ0) is 21.6. The van der Waals surface area contributed by atoms with Gasteiger partial charge in [-0.1, -0.05) is 45.4 Å². The lowest BCUT2D eigenvalue weighted by Gasteiger charge is -2.48. The van der Waals surface area contributed by atoms with Crippen molar-refractivity contribution in [2.75, 3.05) is 0 Å². The third-order valence-corrected chi connectivity index (χ3v) is 8.07. The molecule has 2 aliphatic carbocycles. The summed E-state index contributed by atoms with van der Waals surface area (Å²) in [5.41, 5.74) is 1.36. The number of aromatic nitrogens is 1. The molecule has 3 heterocycles. The van der Waals surface area contributed by atoms with Gasteiger partial charge in [-0.25, -0.2) is 0 Å². The second-order valence-electron chi connectivity index (χ2n) is 10.2. The van der Waals surface area contributed by atoms with Gasteiger partial charge in [0.25, 0.3) is 5.91 Å². The third kappa shape index (κ3) is 3.48. The van der Waals surface area contributed by atoms with Gasteiger partial charge in [0.2, 0.25) is 5.91 Å². The largest absolute Gasteiger partial charge is 0.463 e. The molecule has 3 aliphatic rings. The van der Waals surface area contributed by atoms with Gasteiger partial charge in [0.1, 0.15) is 11.2 Å². The highest BCUT2D eigenvalue weighted by Gasteiger charge is 2.51. The SMILES string of the molecule is C[C@@H]1CCCC[C@@H]1NC(=O)[C@@]1(C)Cn2c(cc3occc32)C(=O)N1C1CCCCCC1. The maximum Gasteiger partial charge on any atom is 0.271 e. The van der Waals surface area contributed by atoms with Gasteiger partial charge in [-0.3, -0.25) is 9.59 Å². The van der Waals surface area contributed by atoms with Gasteiger partial charge >= 0.3 is 0 Å². The Morgan fingerprint density at radius 3 is 2.55 bits per heavy atom. The molecular formula is C25H35N3O3. The molecule has 0 saturated heterocycles. The summed E-state index contributed by atoms with van der Waals surface area (Å²) < 4.78 is 7.59. The standard InChI is InChI=1S/C25H35N3O3/c1-17-9-7-8-12-19(17)26-24(30)25(2)16-27-20-13-14-31-22(20)15-21(27)23(29)28(25)18-10-5-3-4-6-11-18/h13-15,17-19H,3-12,16H2,1-2H3,(H,26,30)/t17-,19+,25-/m1/s1. The van der Waals surface area contributed by atoms with E-state index in [1.54, 1.807) is 6.26 Å². The number of nitrogens with zero attached hydrogens (tertiary/aromatic N) is 2. The Morgan fingerprint density at radius 2 is 1.81 bits per heavy atom. The van der Waals surface area contributed by atoms with E-state index in [4.69, 9.17) is 4.42 Å². The number of rotatable bonds is 3. The summed E-state index contributed by atoms with van der Waals surface area (Å²) in [6, 6.07) is 4.06. The zero-order valence-electron chi connectivity index (χ0n) is 18.9. The van der Waals surface area contributed by atoms with Crippen LogP contribution in [0.4, 0.5) is 0 Å². The lowest BCUT2D eigenvalue weighted by atomic mass is 9.84. The van der Waals surface area contributed by atoms with Crippen LogP contribution in [0.1, 0.15) is 88.5 Å². The minimum Gasteiger partial charge on any atom is -0.463 e. The van der Waals surface area contributed by atoms with Crippen molar-refractivity contribution in [2.24, 2.45) is 5.92 Å². The molecule has 0 bridgehead atoms. The second-order valence-corrected chi connectivity index (χ2v) is 10.2. The smallest absolute Gasteiger partial charge is 0.271 e. The number of furan rings is 1. The molecule has 5 rings (SSSR count). The van der Waals surface area contributed by atoms with Crippen LogP contribution < -0.4 is 5.32 Å². The molecule has 1 N–H and O–H groups in total. The average molecular weight is 426 g/mol. The van der Waals surface area contributed by atoms with Gasteiger partial charge in [0.15, 0.2) is 5.58 Å². The Balaban J connectivity index is 1.53. The van der Waals surface area contributed by atoms with Crippen molar-refractivity contribution >= 4 is 22.9 Å². The van der Waals surface area contributed by atoms with E-state index < -0.39 is 5.54 Å². The predicted molar refractivity (Wildman–Crippen MR) is 120 cm³/mol.